The predicted molar refractivity (Wildman–Crippen MR) is 71.9 cm³/mol. The van der Waals surface area contributed by atoms with Crippen molar-refractivity contribution in [2.75, 3.05) is 5.32 Å². The summed E-state index contributed by atoms with van der Waals surface area (Å²) in [6.07, 6.45) is 2.88. The molecule has 1 heterocycles. The first-order chi connectivity index (χ1) is 8.61. The van der Waals surface area contributed by atoms with Crippen molar-refractivity contribution in [2.45, 2.75) is 13.8 Å². The van der Waals surface area contributed by atoms with Crippen molar-refractivity contribution < 1.29 is 4.79 Å². The Morgan fingerprint density at radius 2 is 2.22 bits per heavy atom. The first-order valence-corrected chi connectivity index (χ1v) is 5.67. The first-order valence-electron chi connectivity index (χ1n) is 5.67. The monoisotopic (exact) mass is 241 g/mol. The summed E-state index contributed by atoms with van der Waals surface area (Å²) < 4.78 is 1.80. The second kappa shape index (κ2) is 4.87. The fraction of sp³-hybridized carbons (Fsp3) is 0.143. The zero-order valence-corrected chi connectivity index (χ0v) is 10.5. The molecule has 0 atom stereocenters. The molecule has 0 fully saturated rings. The van der Waals surface area contributed by atoms with E-state index in [1.165, 1.54) is 11.6 Å². The molecule has 4 heteroatoms. The second-order valence-corrected chi connectivity index (χ2v) is 4.09. The molecule has 0 aliphatic carbocycles. The molecule has 2 aromatic rings. The van der Waals surface area contributed by atoms with Gasteiger partial charge in [-0.25, -0.2) is 4.68 Å². The van der Waals surface area contributed by atoms with Crippen molar-refractivity contribution in [1.29, 1.82) is 0 Å². The number of hydrogen-bond donors (Lipinski definition) is 1. The molecule has 0 radical (unpaired) electrons. The van der Waals surface area contributed by atoms with E-state index < -0.39 is 0 Å². The zero-order chi connectivity index (χ0) is 13.1. The smallest absolute Gasteiger partial charge is 0.247 e. The Morgan fingerprint density at radius 1 is 1.44 bits per heavy atom. The molecular weight excluding hydrogens is 226 g/mol. The highest BCUT2D eigenvalue weighted by Gasteiger charge is 2.09. The number of anilines is 1. The van der Waals surface area contributed by atoms with Gasteiger partial charge in [-0.05, 0) is 37.6 Å². The third-order valence-electron chi connectivity index (χ3n) is 2.70. The van der Waals surface area contributed by atoms with Crippen LogP contribution in [0.3, 0.4) is 0 Å². The van der Waals surface area contributed by atoms with E-state index in [9.17, 15) is 4.79 Å². The van der Waals surface area contributed by atoms with Gasteiger partial charge in [0.25, 0.3) is 0 Å². The van der Waals surface area contributed by atoms with Crippen molar-refractivity contribution in [1.82, 2.24) is 9.78 Å². The Hall–Kier alpha value is -2.36. The van der Waals surface area contributed by atoms with Gasteiger partial charge in [-0.2, -0.15) is 5.10 Å². The molecule has 0 aliphatic rings. The van der Waals surface area contributed by atoms with Gasteiger partial charge in [-0.15, -0.1) is 0 Å². The summed E-state index contributed by atoms with van der Waals surface area (Å²) in [5, 5.41) is 7.01. The maximum absolute atomic E-state index is 11.3. The number of carbonyl (C=O) groups is 1. The van der Waals surface area contributed by atoms with Crippen LogP contribution in [0.4, 0.5) is 5.69 Å². The van der Waals surface area contributed by atoms with E-state index in [2.05, 4.69) is 17.0 Å². The second-order valence-electron chi connectivity index (χ2n) is 4.09. The normalized spacial score (nSPS) is 10.1. The Morgan fingerprint density at radius 3 is 2.89 bits per heavy atom. The molecule has 0 saturated heterocycles. The van der Waals surface area contributed by atoms with E-state index >= 15 is 0 Å². The highest BCUT2D eigenvalue weighted by atomic mass is 16.1. The van der Waals surface area contributed by atoms with Gasteiger partial charge in [0.1, 0.15) is 0 Å². The Bertz CT molecular complexity index is 599. The van der Waals surface area contributed by atoms with E-state index in [0.29, 0.717) is 5.69 Å². The minimum absolute atomic E-state index is 0.234. The lowest BCUT2D eigenvalue weighted by Crippen LogP contribution is -2.08. The summed E-state index contributed by atoms with van der Waals surface area (Å²) in [4.78, 5) is 11.3. The fourth-order valence-electron chi connectivity index (χ4n) is 1.74. The highest BCUT2D eigenvalue weighted by Crippen LogP contribution is 2.18. The molecule has 1 N–H and O–H groups in total. The minimum atomic E-state index is -0.234. The van der Waals surface area contributed by atoms with Crippen LogP contribution in [0, 0.1) is 13.8 Å². The van der Waals surface area contributed by atoms with Crippen LogP contribution in [0.5, 0.6) is 0 Å². The molecule has 0 saturated carbocycles. The van der Waals surface area contributed by atoms with Crippen molar-refractivity contribution in [3.63, 3.8) is 0 Å². The van der Waals surface area contributed by atoms with Crippen molar-refractivity contribution in [3.8, 4) is 5.69 Å². The van der Waals surface area contributed by atoms with Crippen LogP contribution in [-0.2, 0) is 4.79 Å². The lowest BCUT2D eigenvalue weighted by Gasteiger charge is -2.06. The molecular formula is C14H15N3O. The van der Waals surface area contributed by atoms with Gasteiger partial charge in [0, 0.05) is 0 Å². The van der Waals surface area contributed by atoms with Crippen LogP contribution in [0.1, 0.15) is 11.3 Å². The fourth-order valence-corrected chi connectivity index (χ4v) is 1.74. The average Bonchev–Trinajstić information content (AvgIpc) is 2.71. The van der Waals surface area contributed by atoms with Crippen molar-refractivity contribution in [3.05, 3.63) is 54.4 Å². The van der Waals surface area contributed by atoms with E-state index in [-0.39, 0.29) is 5.91 Å². The molecule has 1 aromatic carbocycles. The van der Waals surface area contributed by atoms with E-state index in [4.69, 9.17) is 0 Å². The molecule has 1 amide bonds. The molecule has 0 bridgehead atoms. The number of aromatic nitrogens is 2. The lowest BCUT2D eigenvalue weighted by molar-refractivity contribution is -0.111. The molecule has 18 heavy (non-hydrogen) atoms. The van der Waals surface area contributed by atoms with Gasteiger partial charge in [0.15, 0.2) is 0 Å². The van der Waals surface area contributed by atoms with Crippen LogP contribution in [0.15, 0.2) is 43.1 Å². The number of amides is 1. The summed E-state index contributed by atoms with van der Waals surface area (Å²) in [7, 11) is 0. The maximum Gasteiger partial charge on any atom is 0.247 e. The van der Waals surface area contributed by atoms with Gasteiger partial charge in [0.05, 0.1) is 23.3 Å². The van der Waals surface area contributed by atoms with Crippen LogP contribution in [0.25, 0.3) is 5.69 Å². The highest BCUT2D eigenvalue weighted by molar-refractivity contribution is 5.99. The molecule has 0 aliphatic heterocycles. The van der Waals surface area contributed by atoms with Crippen LogP contribution < -0.4 is 5.32 Å². The SMILES string of the molecule is C=CC(=O)Nc1cnn(-c2cccc(C)c2)c1C. The van der Waals surface area contributed by atoms with Gasteiger partial charge in [0.2, 0.25) is 5.91 Å². The standard InChI is InChI=1S/C14H15N3O/c1-4-14(18)16-13-9-15-17(11(13)3)12-7-5-6-10(2)8-12/h4-9H,1H2,2-3H3,(H,16,18). The predicted octanol–water partition coefficient (Wildman–Crippen LogP) is 2.61. The summed E-state index contributed by atoms with van der Waals surface area (Å²) in [6.45, 7) is 7.36. The average molecular weight is 241 g/mol. The van der Waals surface area contributed by atoms with Gasteiger partial charge in [-0.3, -0.25) is 4.79 Å². The summed E-state index contributed by atoms with van der Waals surface area (Å²) in [5.74, 6) is -0.234. The topological polar surface area (TPSA) is 46.9 Å². The quantitative estimate of drug-likeness (QED) is 0.840. The number of aryl methyl sites for hydroxylation is 1. The number of nitrogens with one attached hydrogen (secondary N) is 1. The molecule has 4 nitrogen and oxygen atoms in total. The molecule has 1 aromatic heterocycles. The Balaban J connectivity index is 2.36. The zero-order valence-electron chi connectivity index (χ0n) is 10.5. The number of carbonyl (C=O) groups excluding carboxylic acids is 1. The number of nitrogens with zero attached hydrogens (tertiary/aromatic N) is 2. The van der Waals surface area contributed by atoms with E-state index in [1.54, 1.807) is 10.9 Å². The third-order valence-corrected chi connectivity index (χ3v) is 2.70. The van der Waals surface area contributed by atoms with Crippen LogP contribution in [-0.4, -0.2) is 15.7 Å². The van der Waals surface area contributed by atoms with Gasteiger partial charge >= 0.3 is 0 Å². The summed E-state index contributed by atoms with van der Waals surface area (Å²) >= 11 is 0. The third kappa shape index (κ3) is 2.32. The number of rotatable bonds is 3. The Kier molecular flexibility index (Phi) is 3.28. The molecule has 0 spiro atoms. The van der Waals surface area contributed by atoms with Gasteiger partial charge < -0.3 is 5.32 Å². The number of benzene rings is 1. The molecule has 2 rings (SSSR count). The van der Waals surface area contributed by atoms with Crippen molar-refractivity contribution in [2.24, 2.45) is 0 Å². The van der Waals surface area contributed by atoms with E-state index in [0.717, 1.165) is 11.4 Å². The van der Waals surface area contributed by atoms with E-state index in [1.807, 2.05) is 38.1 Å². The molecule has 0 unspecified atom stereocenters. The summed E-state index contributed by atoms with van der Waals surface area (Å²) in [5.41, 5.74) is 3.72. The first kappa shape index (κ1) is 12.1. The Labute approximate surface area is 106 Å². The molecule has 92 valence electrons. The van der Waals surface area contributed by atoms with Crippen molar-refractivity contribution >= 4 is 11.6 Å². The van der Waals surface area contributed by atoms with Gasteiger partial charge in [-0.1, -0.05) is 18.7 Å². The number of hydrogen-bond acceptors (Lipinski definition) is 2. The van der Waals surface area contributed by atoms with Crippen LogP contribution in [0.2, 0.25) is 0 Å². The largest absolute Gasteiger partial charge is 0.320 e. The maximum atomic E-state index is 11.3. The van der Waals surface area contributed by atoms with Crippen LogP contribution >= 0.6 is 0 Å². The lowest BCUT2D eigenvalue weighted by atomic mass is 10.2. The summed E-state index contributed by atoms with van der Waals surface area (Å²) in [6, 6.07) is 8.03. The minimum Gasteiger partial charge on any atom is -0.320 e.